The quantitative estimate of drug-likeness (QED) is 0.707. The second-order valence-corrected chi connectivity index (χ2v) is 4.77. The van der Waals surface area contributed by atoms with E-state index in [1.807, 2.05) is 18.2 Å². The van der Waals surface area contributed by atoms with Crippen LogP contribution in [-0.4, -0.2) is 25.6 Å². The third kappa shape index (κ3) is 6.25. The molecule has 1 aromatic carbocycles. The summed E-state index contributed by atoms with van der Waals surface area (Å²) in [5, 5.41) is 5.98. The van der Waals surface area contributed by atoms with E-state index in [1.54, 1.807) is 7.05 Å². The number of benzene rings is 1. The fraction of sp³-hybridized carbons (Fsp3) is 0.533. The number of hydrogen-bond donors (Lipinski definition) is 2. The molecule has 0 aliphatic rings. The van der Waals surface area contributed by atoms with E-state index >= 15 is 0 Å². The second-order valence-electron chi connectivity index (χ2n) is 4.77. The molecule has 0 saturated carbocycles. The predicted molar refractivity (Wildman–Crippen MR) is 77.2 cm³/mol. The molecule has 0 aliphatic carbocycles. The van der Waals surface area contributed by atoms with Gasteiger partial charge in [0.25, 0.3) is 0 Å². The summed E-state index contributed by atoms with van der Waals surface area (Å²) in [6.07, 6.45) is 1.23. The van der Waals surface area contributed by atoms with Crippen molar-refractivity contribution in [3.63, 3.8) is 0 Å². The molecule has 4 nitrogen and oxygen atoms in total. The maximum Gasteiger partial charge on any atom is 0.219 e. The summed E-state index contributed by atoms with van der Waals surface area (Å²) >= 11 is 0. The Labute approximate surface area is 115 Å². The number of amides is 1. The van der Waals surface area contributed by atoms with Gasteiger partial charge in [0.2, 0.25) is 5.91 Å². The molecule has 1 aromatic rings. The summed E-state index contributed by atoms with van der Waals surface area (Å²) in [5.74, 6) is 0.950. The SMILES string of the molecule is CNC(=O)CCCOc1ccccc1CNC(C)C. The molecular formula is C15H24N2O2. The lowest BCUT2D eigenvalue weighted by Crippen LogP contribution is -2.22. The number of carbonyl (C=O) groups is 1. The van der Waals surface area contributed by atoms with E-state index in [4.69, 9.17) is 4.74 Å². The Balaban J connectivity index is 2.41. The van der Waals surface area contributed by atoms with Crippen LogP contribution in [-0.2, 0) is 11.3 Å². The minimum atomic E-state index is 0.0540. The second kappa shape index (κ2) is 8.53. The van der Waals surface area contributed by atoms with Gasteiger partial charge in [0, 0.05) is 31.6 Å². The number of ether oxygens (including phenoxy) is 1. The Bertz CT molecular complexity index is 391. The van der Waals surface area contributed by atoms with Crippen LogP contribution in [0.15, 0.2) is 24.3 Å². The number of nitrogens with one attached hydrogen (secondary N) is 2. The first-order valence-electron chi connectivity index (χ1n) is 6.78. The van der Waals surface area contributed by atoms with Gasteiger partial charge < -0.3 is 15.4 Å². The Kier molecular flexibility index (Phi) is 6.97. The van der Waals surface area contributed by atoms with E-state index in [2.05, 4.69) is 30.5 Å². The highest BCUT2D eigenvalue weighted by Gasteiger charge is 2.04. The fourth-order valence-electron chi connectivity index (χ4n) is 1.64. The van der Waals surface area contributed by atoms with Crippen molar-refractivity contribution in [3.8, 4) is 5.75 Å². The van der Waals surface area contributed by atoms with Crippen molar-refractivity contribution < 1.29 is 9.53 Å². The summed E-state index contributed by atoms with van der Waals surface area (Å²) < 4.78 is 5.74. The largest absolute Gasteiger partial charge is 0.493 e. The molecule has 0 bridgehead atoms. The van der Waals surface area contributed by atoms with E-state index in [0.29, 0.717) is 19.1 Å². The molecule has 0 heterocycles. The van der Waals surface area contributed by atoms with Gasteiger partial charge in [0.1, 0.15) is 5.75 Å². The van der Waals surface area contributed by atoms with Crippen LogP contribution < -0.4 is 15.4 Å². The van der Waals surface area contributed by atoms with Gasteiger partial charge in [0.05, 0.1) is 6.61 Å². The first kappa shape index (κ1) is 15.5. The molecule has 0 fully saturated rings. The molecule has 19 heavy (non-hydrogen) atoms. The molecule has 0 saturated heterocycles. The van der Waals surface area contributed by atoms with Crippen molar-refractivity contribution >= 4 is 5.91 Å². The lowest BCUT2D eigenvalue weighted by molar-refractivity contribution is -0.120. The molecular weight excluding hydrogens is 240 g/mol. The molecule has 0 aromatic heterocycles. The van der Waals surface area contributed by atoms with Crippen LogP contribution >= 0.6 is 0 Å². The van der Waals surface area contributed by atoms with E-state index < -0.39 is 0 Å². The standard InChI is InChI=1S/C15H24N2O2/c1-12(2)17-11-13-7-4-5-8-14(13)19-10-6-9-15(18)16-3/h4-5,7-8,12,17H,6,9-11H2,1-3H3,(H,16,18). The van der Waals surface area contributed by atoms with Crippen molar-refractivity contribution in [2.75, 3.05) is 13.7 Å². The van der Waals surface area contributed by atoms with Gasteiger partial charge in [0.15, 0.2) is 0 Å². The third-order valence-electron chi connectivity index (χ3n) is 2.76. The Hall–Kier alpha value is -1.55. The monoisotopic (exact) mass is 264 g/mol. The van der Waals surface area contributed by atoms with E-state index in [1.165, 1.54) is 0 Å². The van der Waals surface area contributed by atoms with Crippen LogP contribution in [0, 0.1) is 0 Å². The normalized spacial score (nSPS) is 10.5. The molecule has 0 atom stereocenters. The highest BCUT2D eigenvalue weighted by Crippen LogP contribution is 2.18. The zero-order valence-corrected chi connectivity index (χ0v) is 12.0. The van der Waals surface area contributed by atoms with Crippen molar-refractivity contribution in [1.82, 2.24) is 10.6 Å². The minimum absolute atomic E-state index is 0.0540. The summed E-state index contributed by atoms with van der Waals surface area (Å²) in [4.78, 5) is 11.1. The molecule has 0 aliphatic heterocycles. The topological polar surface area (TPSA) is 50.4 Å². The first-order chi connectivity index (χ1) is 9.13. The Morgan fingerprint density at radius 3 is 2.74 bits per heavy atom. The van der Waals surface area contributed by atoms with Crippen LogP contribution in [0.4, 0.5) is 0 Å². The van der Waals surface area contributed by atoms with Gasteiger partial charge in [-0.15, -0.1) is 0 Å². The summed E-state index contributed by atoms with van der Waals surface area (Å²) in [6, 6.07) is 8.45. The zero-order chi connectivity index (χ0) is 14.1. The fourth-order valence-corrected chi connectivity index (χ4v) is 1.64. The third-order valence-corrected chi connectivity index (χ3v) is 2.76. The number of carbonyl (C=O) groups excluding carboxylic acids is 1. The maximum atomic E-state index is 11.1. The van der Waals surface area contributed by atoms with E-state index in [0.717, 1.165) is 24.3 Å². The summed E-state index contributed by atoms with van der Waals surface area (Å²) in [6.45, 7) is 5.59. The maximum absolute atomic E-state index is 11.1. The molecule has 2 N–H and O–H groups in total. The molecule has 106 valence electrons. The average molecular weight is 264 g/mol. The van der Waals surface area contributed by atoms with Crippen LogP contribution in [0.2, 0.25) is 0 Å². The predicted octanol–water partition coefficient (Wildman–Crippen LogP) is 2.09. The summed E-state index contributed by atoms with van der Waals surface area (Å²) in [5.41, 5.74) is 1.15. The van der Waals surface area contributed by atoms with Crippen molar-refractivity contribution in [2.24, 2.45) is 0 Å². The first-order valence-corrected chi connectivity index (χ1v) is 6.78. The lowest BCUT2D eigenvalue weighted by atomic mass is 10.2. The Morgan fingerprint density at radius 1 is 1.32 bits per heavy atom. The molecule has 0 spiro atoms. The zero-order valence-electron chi connectivity index (χ0n) is 12.0. The van der Waals surface area contributed by atoms with Crippen LogP contribution in [0.25, 0.3) is 0 Å². The Morgan fingerprint density at radius 2 is 2.05 bits per heavy atom. The lowest BCUT2D eigenvalue weighted by Gasteiger charge is -2.13. The molecule has 0 radical (unpaired) electrons. The average Bonchev–Trinajstić information content (AvgIpc) is 2.41. The van der Waals surface area contributed by atoms with Crippen molar-refractivity contribution in [3.05, 3.63) is 29.8 Å². The van der Waals surface area contributed by atoms with Crippen LogP contribution in [0.1, 0.15) is 32.3 Å². The molecule has 4 heteroatoms. The van der Waals surface area contributed by atoms with Gasteiger partial charge in [-0.1, -0.05) is 32.0 Å². The van der Waals surface area contributed by atoms with Gasteiger partial charge in [-0.25, -0.2) is 0 Å². The van der Waals surface area contributed by atoms with Crippen LogP contribution in [0.3, 0.4) is 0 Å². The number of hydrogen-bond acceptors (Lipinski definition) is 3. The van der Waals surface area contributed by atoms with E-state index in [9.17, 15) is 4.79 Å². The molecule has 0 unspecified atom stereocenters. The number of para-hydroxylation sites is 1. The van der Waals surface area contributed by atoms with Gasteiger partial charge >= 0.3 is 0 Å². The smallest absolute Gasteiger partial charge is 0.219 e. The van der Waals surface area contributed by atoms with Gasteiger partial charge in [-0.3, -0.25) is 4.79 Å². The highest BCUT2D eigenvalue weighted by atomic mass is 16.5. The molecule has 1 rings (SSSR count). The van der Waals surface area contributed by atoms with Gasteiger partial charge in [-0.2, -0.15) is 0 Å². The highest BCUT2D eigenvalue weighted by molar-refractivity contribution is 5.75. The minimum Gasteiger partial charge on any atom is -0.493 e. The number of rotatable bonds is 8. The molecule has 1 amide bonds. The van der Waals surface area contributed by atoms with Crippen molar-refractivity contribution in [2.45, 2.75) is 39.3 Å². The van der Waals surface area contributed by atoms with Crippen molar-refractivity contribution in [1.29, 1.82) is 0 Å². The van der Waals surface area contributed by atoms with E-state index in [-0.39, 0.29) is 5.91 Å². The van der Waals surface area contributed by atoms with Gasteiger partial charge in [-0.05, 0) is 12.5 Å². The van der Waals surface area contributed by atoms with Crippen LogP contribution in [0.5, 0.6) is 5.75 Å². The summed E-state index contributed by atoms with van der Waals surface area (Å²) in [7, 11) is 1.65.